The Kier molecular flexibility index (Phi) is 3.22. The van der Waals surface area contributed by atoms with Gasteiger partial charge in [0.2, 0.25) is 11.7 Å². The number of aromatic nitrogens is 2. The lowest BCUT2D eigenvalue weighted by Gasteiger charge is -2.30. The molecule has 2 rings (SSSR count). The third-order valence-corrected chi connectivity index (χ3v) is 2.90. The maximum atomic E-state index is 8.89. The van der Waals surface area contributed by atoms with Crippen molar-refractivity contribution in [2.75, 3.05) is 13.2 Å². The fourth-order valence-corrected chi connectivity index (χ4v) is 1.79. The summed E-state index contributed by atoms with van der Waals surface area (Å²) in [5, 5.41) is 12.8. The lowest BCUT2D eigenvalue weighted by atomic mass is 9.95. The lowest BCUT2D eigenvalue weighted by Crippen LogP contribution is -2.31. The molecular weight excluding hydrogens is 210 g/mol. The Morgan fingerprint density at radius 1 is 1.56 bits per heavy atom. The highest BCUT2D eigenvalue weighted by Crippen LogP contribution is 2.32. The number of ether oxygens (including phenoxy) is 1. The SMILES string of the molecule is CC1(c2noc([C@@H](N)CO)n2)CCCCO1. The van der Waals surface area contributed by atoms with Gasteiger partial charge in [-0.05, 0) is 26.2 Å². The second kappa shape index (κ2) is 4.48. The van der Waals surface area contributed by atoms with Crippen molar-refractivity contribution in [3.05, 3.63) is 11.7 Å². The first-order valence-corrected chi connectivity index (χ1v) is 5.50. The van der Waals surface area contributed by atoms with E-state index in [2.05, 4.69) is 10.1 Å². The Morgan fingerprint density at radius 3 is 3.00 bits per heavy atom. The van der Waals surface area contributed by atoms with Crippen molar-refractivity contribution in [3.8, 4) is 0 Å². The van der Waals surface area contributed by atoms with E-state index in [9.17, 15) is 0 Å². The van der Waals surface area contributed by atoms with Crippen LogP contribution in [0.25, 0.3) is 0 Å². The minimum absolute atomic E-state index is 0.209. The molecule has 3 N–H and O–H groups in total. The van der Waals surface area contributed by atoms with Gasteiger partial charge in [-0.25, -0.2) is 0 Å². The summed E-state index contributed by atoms with van der Waals surface area (Å²) < 4.78 is 10.7. The van der Waals surface area contributed by atoms with Gasteiger partial charge in [-0.3, -0.25) is 0 Å². The largest absolute Gasteiger partial charge is 0.394 e. The average Bonchev–Trinajstić information content (AvgIpc) is 2.79. The molecule has 6 heteroatoms. The van der Waals surface area contributed by atoms with Crippen LogP contribution in [0.1, 0.15) is 43.9 Å². The maximum absolute atomic E-state index is 8.89. The van der Waals surface area contributed by atoms with Crippen molar-refractivity contribution in [1.29, 1.82) is 0 Å². The van der Waals surface area contributed by atoms with Gasteiger partial charge < -0.3 is 20.1 Å². The monoisotopic (exact) mass is 227 g/mol. The van der Waals surface area contributed by atoms with Crippen molar-refractivity contribution in [2.45, 2.75) is 37.8 Å². The van der Waals surface area contributed by atoms with Crippen LogP contribution >= 0.6 is 0 Å². The fourth-order valence-electron chi connectivity index (χ4n) is 1.79. The molecule has 1 aliphatic rings. The molecule has 1 aliphatic heterocycles. The fraction of sp³-hybridized carbons (Fsp3) is 0.800. The number of rotatable bonds is 3. The summed E-state index contributed by atoms with van der Waals surface area (Å²) in [6.45, 7) is 2.46. The van der Waals surface area contributed by atoms with Crippen molar-refractivity contribution >= 4 is 0 Å². The molecule has 0 radical (unpaired) electrons. The molecule has 0 saturated carbocycles. The van der Waals surface area contributed by atoms with E-state index < -0.39 is 11.6 Å². The van der Waals surface area contributed by atoms with Crippen LogP contribution in [0.3, 0.4) is 0 Å². The van der Waals surface area contributed by atoms with Crippen LogP contribution in [0.4, 0.5) is 0 Å². The van der Waals surface area contributed by atoms with Crippen LogP contribution in [0.2, 0.25) is 0 Å². The van der Waals surface area contributed by atoms with E-state index in [0.717, 1.165) is 19.3 Å². The number of hydrogen-bond donors (Lipinski definition) is 2. The van der Waals surface area contributed by atoms with Gasteiger partial charge in [0.05, 0.1) is 6.61 Å². The standard InChI is InChI=1S/C10H17N3O3/c1-10(4-2-3-5-15-10)9-12-8(16-13-9)7(11)6-14/h7,14H,2-6,11H2,1H3/t7-,10?/m0/s1. The summed E-state index contributed by atoms with van der Waals surface area (Å²) in [6.07, 6.45) is 3.03. The zero-order valence-corrected chi connectivity index (χ0v) is 9.35. The van der Waals surface area contributed by atoms with Crippen LogP contribution in [-0.2, 0) is 10.3 Å². The minimum atomic E-state index is -0.617. The number of hydrogen-bond acceptors (Lipinski definition) is 6. The first kappa shape index (κ1) is 11.5. The van der Waals surface area contributed by atoms with E-state index >= 15 is 0 Å². The Balaban J connectivity index is 2.17. The van der Waals surface area contributed by atoms with Gasteiger partial charge in [0.1, 0.15) is 11.6 Å². The highest BCUT2D eigenvalue weighted by Gasteiger charge is 2.35. The Labute approximate surface area is 93.8 Å². The van der Waals surface area contributed by atoms with Crippen LogP contribution in [-0.4, -0.2) is 28.5 Å². The van der Waals surface area contributed by atoms with E-state index in [1.807, 2.05) is 6.92 Å². The molecular formula is C10H17N3O3. The zero-order chi connectivity index (χ0) is 11.6. The van der Waals surface area contributed by atoms with E-state index in [1.54, 1.807) is 0 Å². The molecule has 0 aromatic carbocycles. The number of aliphatic hydroxyl groups is 1. The second-order valence-corrected chi connectivity index (χ2v) is 4.28. The smallest absolute Gasteiger partial charge is 0.246 e. The predicted octanol–water partition coefficient (Wildman–Crippen LogP) is 0.477. The van der Waals surface area contributed by atoms with Gasteiger partial charge in [0.25, 0.3) is 0 Å². The number of aliphatic hydroxyl groups excluding tert-OH is 1. The van der Waals surface area contributed by atoms with E-state index in [4.69, 9.17) is 20.1 Å². The van der Waals surface area contributed by atoms with Crippen LogP contribution < -0.4 is 5.73 Å². The zero-order valence-electron chi connectivity index (χ0n) is 9.35. The van der Waals surface area contributed by atoms with Crippen molar-refractivity contribution in [1.82, 2.24) is 10.1 Å². The molecule has 16 heavy (non-hydrogen) atoms. The van der Waals surface area contributed by atoms with Gasteiger partial charge in [-0.1, -0.05) is 5.16 Å². The molecule has 0 amide bonds. The van der Waals surface area contributed by atoms with Crippen LogP contribution in [0, 0.1) is 0 Å². The molecule has 1 aromatic rings. The molecule has 0 bridgehead atoms. The average molecular weight is 227 g/mol. The molecule has 6 nitrogen and oxygen atoms in total. The normalized spacial score (nSPS) is 27.9. The summed E-state index contributed by atoms with van der Waals surface area (Å²) in [5.74, 6) is 0.777. The quantitative estimate of drug-likeness (QED) is 0.779. The topological polar surface area (TPSA) is 94.4 Å². The minimum Gasteiger partial charge on any atom is -0.394 e. The van der Waals surface area contributed by atoms with E-state index in [0.29, 0.717) is 12.4 Å². The molecule has 90 valence electrons. The summed E-state index contributed by atoms with van der Waals surface area (Å²) >= 11 is 0. The highest BCUT2D eigenvalue weighted by atomic mass is 16.5. The van der Waals surface area contributed by atoms with Gasteiger partial charge in [0, 0.05) is 6.61 Å². The second-order valence-electron chi connectivity index (χ2n) is 4.28. The van der Waals surface area contributed by atoms with Crippen LogP contribution in [0.5, 0.6) is 0 Å². The van der Waals surface area contributed by atoms with Gasteiger partial charge >= 0.3 is 0 Å². The summed E-state index contributed by atoms with van der Waals surface area (Å²) in [7, 11) is 0. The van der Waals surface area contributed by atoms with Crippen LogP contribution in [0.15, 0.2) is 4.52 Å². The van der Waals surface area contributed by atoms with Crippen molar-refractivity contribution in [3.63, 3.8) is 0 Å². The Bertz CT molecular complexity index is 347. The summed E-state index contributed by atoms with van der Waals surface area (Å²) in [6, 6.07) is -0.617. The third kappa shape index (κ3) is 2.09. The van der Waals surface area contributed by atoms with Gasteiger partial charge in [-0.2, -0.15) is 4.98 Å². The highest BCUT2D eigenvalue weighted by molar-refractivity contribution is 5.02. The first-order valence-electron chi connectivity index (χ1n) is 5.50. The third-order valence-electron chi connectivity index (χ3n) is 2.90. The van der Waals surface area contributed by atoms with Gasteiger partial charge in [0.15, 0.2) is 0 Å². The number of nitrogens with two attached hydrogens (primary N) is 1. The van der Waals surface area contributed by atoms with Crippen molar-refractivity contribution < 1.29 is 14.4 Å². The maximum Gasteiger partial charge on any atom is 0.246 e. The predicted molar refractivity (Wildman–Crippen MR) is 55.5 cm³/mol. The lowest BCUT2D eigenvalue weighted by molar-refractivity contribution is -0.0770. The number of nitrogens with zero attached hydrogens (tertiary/aromatic N) is 2. The van der Waals surface area contributed by atoms with E-state index in [1.165, 1.54) is 0 Å². The molecule has 0 spiro atoms. The van der Waals surface area contributed by atoms with E-state index in [-0.39, 0.29) is 12.5 Å². The first-order chi connectivity index (χ1) is 7.65. The van der Waals surface area contributed by atoms with Gasteiger partial charge in [-0.15, -0.1) is 0 Å². The molecule has 1 unspecified atom stereocenters. The molecule has 0 aliphatic carbocycles. The molecule has 1 saturated heterocycles. The Hall–Kier alpha value is -0.980. The summed E-state index contributed by atoms with van der Waals surface area (Å²) in [4.78, 5) is 4.19. The molecule has 2 heterocycles. The molecule has 1 fully saturated rings. The molecule has 2 atom stereocenters. The molecule has 1 aromatic heterocycles. The Morgan fingerprint density at radius 2 is 2.38 bits per heavy atom. The summed E-state index contributed by atoms with van der Waals surface area (Å²) in [5.41, 5.74) is 5.12. The van der Waals surface area contributed by atoms with Crippen molar-refractivity contribution in [2.24, 2.45) is 5.73 Å².